The fraction of sp³-hybridized carbons (Fsp3) is 0.391. The number of hydrogen-bond acceptors (Lipinski definition) is 6. The molecule has 0 radical (unpaired) electrons. The number of nitrogens with zero attached hydrogens (tertiary/aromatic N) is 2. The first kappa shape index (κ1) is 22.3. The summed E-state index contributed by atoms with van der Waals surface area (Å²) >= 11 is 0. The molecule has 0 aliphatic carbocycles. The summed E-state index contributed by atoms with van der Waals surface area (Å²) in [5, 5.41) is 2.94. The van der Waals surface area contributed by atoms with Crippen LogP contribution < -0.4 is 24.3 Å². The van der Waals surface area contributed by atoms with Gasteiger partial charge in [-0.15, -0.1) is 0 Å². The molecule has 0 spiro atoms. The first-order valence-corrected chi connectivity index (χ1v) is 10.5. The molecule has 1 N–H and O–H groups in total. The number of aromatic nitrogens is 2. The molecule has 31 heavy (non-hydrogen) atoms. The molecule has 166 valence electrons. The van der Waals surface area contributed by atoms with Crippen LogP contribution in [0.3, 0.4) is 0 Å². The lowest BCUT2D eigenvalue weighted by Gasteiger charge is -2.17. The van der Waals surface area contributed by atoms with Gasteiger partial charge in [0.25, 0.3) is 5.91 Å². The first-order chi connectivity index (χ1) is 15.1. The van der Waals surface area contributed by atoms with Crippen LogP contribution in [-0.4, -0.2) is 48.8 Å². The van der Waals surface area contributed by atoms with Crippen molar-refractivity contribution >= 4 is 11.6 Å². The Morgan fingerprint density at radius 1 is 1.03 bits per heavy atom. The smallest absolute Gasteiger partial charge is 0.251 e. The molecule has 3 aromatic rings. The van der Waals surface area contributed by atoms with E-state index in [4.69, 9.17) is 18.9 Å². The molecule has 1 amide bonds. The van der Waals surface area contributed by atoms with Crippen LogP contribution in [0.2, 0.25) is 0 Å². The number of carbonyl (C=O) groups is 1. The van der Waals surface area contributed by atoms with Gasteiger partial charge in [0.1, 0.15) is 0 Å². The Labute approximate surface area is 182 Å². The molecule has 0 aliphatic heterocycles. The SMILES string of the molecule is CCOc1cc(C(=O)NCCc2cn3cccc(OC)c3n2)cc(OCC)c1OCC. The van der Waals surface area contributed by atoms with Crippen molar-refractivity contribution in [3.63, 3.8) is 0 Å². The van der Waals surface area contributed by atoms with Crippen LogP contribution >= 0.6 is 0 Å². The molecule has 0 fully saturated rings. The Bertz CT molecular complexity index is 1000. The zero-order valence-electron chi connectivity index (χ0n) is 18.4. The van der Waals surface area contributed by atoms with Crippen LogP contribution in [0.5, 0.6) is 23.0 Å². The molecule has 0 atom stereocenters. The lowest BCUT2D eigenvalue weighted by molar-refractivity contribution is 0.0953. The Balaban J connectivity index is 1.72. The van der Waals surface area contributed by atoms with Crippen molar-refractivity contribution in [2.24, 2.45) is 0 Å². The highest BCUT2D eigenvalue weighted by molar-refractivity contribution is 5.95. The van der Waals surface area contributed by atoms with E-state index in [1.807, 2.05) is 49.7 Å². The maximum atomic E-state index is 12.8. The van der Waals surface area contributed by atoms with Gasteiger partial charge in [0, 0.05) is 30.9 Å². The lowest BCUT2D eigenvalue weighted by atomic mass is 10.1. The van der Waals surface area contributed by atoms with Crippen LogP contribution in [0.15, 0.2) is 36.7 Å². The van der Waals surface area contributed by atoms with E-state index >= 15 is 0 Å². The summed E-state index contributed by atoms with van der Waals surface area (Å²) in [6, 6.07) is 7.13. The number of amides is 1. The van der Waals surface area contributed by atoms with Crippen molar-refractivity contribution in [1.29, 1.82) is 0 Å². The summed E-state index contributed by atoms with van der Waals surface area (Å²) in [5.41, 5.74) is 2.06. The van der Waals surface area contributed by atoms with Gasteiger partial charge in [-0.25, -0.2) is 4.98 Å². The van der Waals surface area contributed by atoms with Gasteiger partial charge in [0.2, 0.25) is 5.75 Å². The Hall–Kier alpha value is -3.42. The van der Waals surface area contributed by atoms with Crippen molar-refractivity contribution in [3.05, 3.63) is 47.9 Å². The number of hydrogen-bond donors (Lipinski definition) is 1. The van der Waals surface area contributed by atoms with E-state index in [1.165, 1.54) is 0 Å². The first-order valence-electron chi connectivity index (χ1n) is 10.5. The fourth-order valence-corrected chi connectivity index (χ4v) is 3.24. The van der Waals surface area contributed by atoms with E-state index in [0.717, 1.165) is 11.3 Å². The summed E-state index contributed by atoms with van der Waals surface area (Å²) in [6.45, 7) is 7.46. The van der Waals surface area contributed by atoms with Crippen LogP contribution in [0, 0.1) is 0 Å². The zero-order valence-corrected chi connectivity index (χ0v) is 18.4. The topological polar surface area (TPSA) is 83.3 Å². The molecule has 2 aromatic heterocycles. The van der Waals surface area contributed by atoms with Crippen molar-refractivity contribution in [3.8, 4) is 23.0 Å². The number of nitrogens with one attached hydrogen (secondary N) is 1. The van der Waals surface area contributed by atoms with Gasteiger partial charge in [0.15, 0.2) is 22.9 Å². The molecule has 2 heterocycles. The summed E-state index contributed by atoms with van der Waals surface area (Å²) in [5.74, 6) is 1.99. The number of fused-ring (bicyclic) bond motifs is 1. The summed E-state index contributed by atoms with van der Waals surface area (Å²) < 4.78 is 24.3. The van der Waals surface area contributed by atoms with Crippen LogP contribution in [0.4, 0.5) is 0 Å². The molecule has 0 bridgehead atoms. The van der Waals surface area contributed by atoms with E-state index in [9.17, 15) is 4.79 Å². The van der Waals surface area contributed by atoms with Crippen LogP contribution in [0.25, 0.3) is 5.65 Å². The Kier molecular flexibility index (Phi) is 7.59. The number of pyridine rings is 1. The monoisotopic (exact) mass is 427 g/mol. The predicted molar refractivity (Wildman–Crippen MR) is 118 cm³/mol. The maximum Gasteiger partial charge on any atom is 0.251 e. The van der Waals surface area contributed by atoms with E-state index in [2.05, 4.69) is 10.3 Å². The molecule has 1 aromatic carbocycles. The maximum absolute atomic E-state index is 12.8. The summed E-state index contributed by atoms with van der Waals surface area (Å²) in [7, 11) is 1.62. The minimum atomic E-state index is -0.216. The van der Waals surface area contributed by atoms with E-state index in [0.29, 0.717) is 61.3 Å². The largest absolute Gasteiger partial charge is 0.493 e. The standard InChI is InChI=1S/C23H29N3O5/c1-5-29-19-13-16(14-20(30-6-2)21(19)31-7-3)23(27)24-11-10-17-15-26-12-8-9-18(28-4)22(26)25-17/h8-9,12-15H,5-7,10-11H2,1-4H3,(H,24,27). The molecular weight excluding hydrogens is 398 g/mol. The molecule has 0 aliphatic rings. The summed E-state index contributed by atoms with van der Waals surface area (Å²) in [4.78, 5) is 17.4. The molecule has 0 unspecified atom stereocenters. The highest BCUT2D eigenvalue weighted by Crippen LogP contribution is 2.39. The second-order valence-electron chi connectivity index (χ2n) is 6.65. The third-order valence-corrected chi connectivity index (χ3v) is 4.55. The van der Waals surface area contributed by atoms with Gasteiger partial charge in [-0.3, -0.25) is 4.79 Å². The van der Waals surface area contributed by atoms with Crippen LogP contribution in [0.1, 0.15) is 36.8 Å². The number of imidazole rings is 1. The fourth-order valence-electron chi connectivity index (χ4n) is 3.24. The third-order valence-electron chi connectivity index (χ3n) is 4.55. The van der Waals surface area contributed by atoms with E-state index in [-0.39, 0.29) is 5.91 Å². The van der Waals surface area contributed by atoms with Gasteiger partial charge in [-0.05, 0) is 45.0 Å². The molecule has 3 rings (SSSR count). The van der Waals surface area contributed by atoms with E-state index < -0.39 is 0 Å². The van der Waals surface area contributed by atoms with Crippen LogP contribution in [-0.2, 0) is 6.42 Å². The summed E-state index contributed by atoms with van der Waals surface area (Å²) in [6.07, 6.45) is 4.43. The second kappa shape index (κ2) is 10.6. The second-order valence-corrected chi connectivity index (χ2v) is 6.65. The predicted octanol–water partition coefficient (Wildman–Crippen LogP) is 3.51. The molecule has 8 nitrogen and oxygen atoms in total. The van der Waals surface area contributed by atoms with Crippen molar-refractivity contribution in [1.82, 2.24) is 14.7 Å². The van der Waals surface area contributed by atoms with Crippen molar-refractivity contribution in [2.75, 3.05) is 33.5 Å². The lowest BCUT2D eigenvalue weighted by Crippen LogP contribution is -2.26. The Morgan fingerprint density at radius 3 is 2.32 bits per heavy atom. The average Bonchev–Trinajstić information content (AvgIpc) is 3.19. The average molecular weight is 428 g/mol. The van der Waals surface area contributed by atoms with Gasteiger partial charge in [-0.2, -0.15) is 0 Å². The van der Waals surface area contributed by atoms with Gasteiger partial charge < -0.3 is 28.7 Å². The zero-order chi connectivity index (χ0) is 22.2. The van der Waals surface area contributed by atoms with Gasteiger partial charge >= 0.3 is 0 Å². The minimum absolute atomic E-state index is 0.216. The third kappa shape index (κ3) is 5.20. The normalized spacial score (nSPS) is 10.7. The molecule has 0 saturated carbocycles. The highest BCUT2D eigenvalue weighted by atomic mass is 16.5. The quantitative estimate of drug-likeness (QED) is 0.504. The number of rotatable bonds is 11. The highest BCUT2D eigenvalue weighted by Gasteiger charge is 2.18. The number of ether oxygens (including phenoxy) is 4. The van der Waals surface area contributed by atoms with Gasteiger partial charge in [-0.1, -0.05) is 0 Å². The number of carbonyl (C=O) groups excluding carboxylic acids is 1. The minimum Gasteiger partial charge on any atom is -0.493 e. The van der Waals surface area contributed by atoms with Crippen molar-refractivity contribution < 1.29 is 23.7 Å². The van der Waals surface area contributed by atoms with E-state index in [1.54, 1.807) is 19.2 Å². The molecular formula is C23H29N3O5. The number of benzene rings is 1. The Morgan fingerprint density at radius 2 is 1.71 bits per heavy atom. The molecule has 0 saturated heterocycles. The van der Waals surface area contributed by atoms with Crippen molar-refractivity contribution in [2.45, 2.75) is 27.2 Å². The molecule has 8 heteroatoms. The van der Waals surface area contributed by atoms with Gasteiger partial charge in [0.05, 0.1) is 32.6 Å². The number of methoxy groups -OCH3 is 1.